The normalized spacial score (nSPS) is 17.1. The third-order valence-corrected chi connectivity index (χ3v) is 12.0. The zero-order chi connectivity index (χ0) is 42.4. The van der Waals surface area contributed by atoms with Crippen molar-refractivity contribution < 1.29 is 14.7 Å². The number of rotatable bonds is 11. The maximum absolute atomic E-state index is 13.4. The van der Waals surface area contributed by atoms with Crippen LogP contribution in [0.5, 0.6) is 0 Å². The Labute approximate surface area is 352 Å². The number of hydrogen-bond acceptors (Lipinski definition) is 12. The van der Waals surface area contributed by atoms with Crippen LogP contribution in [0.2, 0.25) is 0 Å². The minimum absolute atomic E-state index is 0.241. The van der Waals surface area contributed by atoms with Gasteiger partial charge in [-0.3, -0.25) is 29.4 Å². The van der Waals surface area contributed by atoms with Gasteiger partial charge in [0.2, 0.25) is 11.9 Å². The van der Waals surface area contributed by atoms with E-state index in [9.17, 15) is 19.5 Å². The van der Waals surface area contributed by atoms with Crippen molar-refractivity contribution in [3.63, 3.8) is 0 Å². The Bertz CT molecular complexity index is 2680. The molecule has 2 aromatic carbocycles. The maximum atomic E-state index is 13.4. The number of benzene rings is 2. The lowest BCUT2D eigenvalue weighted by Crippen LogP contribution is -2.49. The number of fused-ring (bicyclic) bond motifs is 2. The van der Waals surface area contributed by atoms with E-state index in [1.807, 2.05) is 36.0 Å². The van der Waals surface area contributed by atoms with Crippen molar-refractivity contribution in [1.82, 2.24) is 44.3 Å². The highest BCUT2D eigenvalue weighted by Crippen LogP contribution is 2.35. The SMILES string of the molecule is C=CCn1c(=O)c2cnc(Nc3ccc(N4CCC(CN5CCN(c6cccc7c(N8CCC(=O)NC8=O)nn(C)c67)CC5)CC4)cc3)nc2n1-c1cccc(C(C)(C)O)n1. The number of nitrogens with one attached hydrogen (secondary N) is 2. The molecule has 0 atom stereocenters. The summed E-state index contributed by atoms with van der Waals surface area (Å²) in [6.07, 6.45) is 5.69. The van der Waals surface area contributed by atoms with Crippen molar-refractivity contribution in [2.75, 3.05) is 72.4 Å². The number of urea groups is 1. The van der Waals surface area contributed by atoms with Gasteiger partial charge in [0, 0.05) is 88.8 Å². The van der Waals surface area contributed by atoms with Crippen LogP contribution in [-0.2, 0) is 24.0 Å². The summed E-state index contributed by atoms with van der Waals surface area (Å²) in [7, 11) is 1.91. The molecule has 9 rings (SSSR count). The largest absolute Gasteiger partial charge is 0.384 e. The van der Waals surface area contributed by atoms with Crippen molar-refractivity contribution in [2.45, 2.75) is 45.3 Å². The van der Waals surface area contributed by atoms with Gasteiger partial charge in [-0.25, -0.2) is 24.1 Å². The Morgan fingerprint density at radius 3 is 2.38 bits per heavy atom. The van der Waals surface area contributed by atoms with Gasteiger partial charge in [0.25, 0.3) is 5.56 Å². The second-order valence-corrected chi connectivity index (χ2v) is 16.6. The van der Waals surface area contributed by atoms with Gasteiger partial charge in [0.15, 0.2) is 17.3 Å². The molecule has 3 aliphatic heterocycles. The van der Waals surface area contributed by atoms with Crippen LogP contribution in [0.15, 0.2) is 84.3 Å². The Morgan fingerprint density at radius 1 is 0.902 bits per heavy atom. The molecule has 6 aromatic rings. The highest BCUT2D eigenvalue weighted by Gasteiger charge is 2.30. The number of piperidine rings is 1. The lowest BCUT2D eigenvalue weighted by molar-refractivity contribution is -0.120. The van der Waals surface area contributed by atoms with Crippen LogP contribution in [0, 0.1) is 5.92 Å². The number of hydrogen-bond donors (Lipinski definition) is 3. The number of carbonyl (C=O) groups excluding carboxylic acids is 2. The summed E-state index contributed by atoms with van der Waals surface area (Å²) in [5.74, 6) is 1.75. The smallest absolute Gasteiger partial charge is 0.329 e. The van der Waals surface area contributed by atoms with Gasteiger partial charge < -0.3 is 20.2 Å². The number of pyridine rings is 1. The Hall–Kier alpha value is -6.59. The molecule has 0 radical (unpaired) electrons. The van der Waals surface area contributed by atoms with Crippen LogP contribution in [0.1, 0.15) is 38.8 Å². The maximum Gasteiger partial charge on any atom is 0.329 e. The number of anilines is 5. The number of aryl methyl sites for hydroxylation is 1. The van der Waals surface area contributed by atoms with E-state index in [-0.39, 0.29) is 24.4 Å². The molecule has 3 saturated heterocycles. The van der Waals surface area contributed by atoms with Crippen molar-refractivity contribution >= 4 is 62.7 Å². The minimum atomic E-state index is -1.17. The molecule has 4 aromatic heterocycles. The van der Waals surface area contributed by atoms with E-state index in [0.29, 0.717) is 46.8 Å². The average Bonchev–Trinajstić information content (AvgIpc) is 3.73. The third-order valence-electron chi connectivity index (χ3n) is 12.0. The third kappa shape index (κ3) is 7.81. The molecular weight excluding hydrogens is 775 g/mol. The molecular formula is C44H51N13O4. The number of piperazine rings is 1. The first-order valence-corrected chi connectivity index (χ1v) is 20.9. The molecule has 0 spiro atoms. The van der Waals surface area contributed by atoms with Gasteiger partial charge in [-0.2, -0.15) is 10.1 Å². The predicted octanol–water partition coefficient (Wildman–Crippen LogP) is 4.51. The molecule has 61 heavy (non-hydrogen) atoms. The summed E-state index contributed by atoms with van der Waals surface area (Å²) in [6.45, 7) is 14.6. The van der Waals surface area contributed by atoms with E-state index >= 15 is 0 Å². The zero-order valence-corrected chi connectivity index (χ0v) is 34.8. The van der Waals surface area contributed by atoms with E-state index in [4.69, 9.17) is 10.1 Å². The number of amides is 3. The topological polar surface area (TPSA) is 175 Å². The molecule has 0 saturated carbocycles. The van der Waals surface area contributed by atoms with E-state index < -0.39 is 11.6 Å². The molecule has 0 bridgehead atoms. The minimum Gasteiger partial charge on any atom is -0.384 e. The van der Waals surface area contributed by atoms with Crippen molar-refractivity contribution in [1.29, 1.82) is 0 Å². The highest BCUT2D eigenvalue weighted by atomic mass is 16.3. The lowest BCUT2D eigenvalue weighted by Gasteiger charge is -2.40. The monoisotopic (exact) mass is 825 g/mol. The Morgan fingerprint density at radius 2 is 1.66 bits per heavy atom. The van der Waals surface area contributed by atoms with Crippen LogP contribution < -0.4 is 30.9 Å². The molecule has 3 aliphatic rings. The summed E-state index contributed by atoms with van der Waals surface area (Å²) in [5, 5.41) is 22.3. The van der Waals surface area contributed by atoms with E-state index in [0.717, 1.165) is 80.9 Å². The van der Waals surface area contributed by atoms with Crippen LogP contribution in [0.3, 0.4) is 0 Å². The molecule has 0 aliphatic carbocycles. The number of nitrogens with zero attached hydrogens (tertiary/aromatic N) is 11. The van der Waals surface area contributed by atoms with Crippen molar-refractivity contribution in [3.05, 3.63) is 95.6 Å². The number of allylic oxidation sites excluding steroid dienone is 1. The van der Waals surface area contributed by atoms with E-state index in [1.165, 1.54) is 16.6 Å². The number of aromatic nitrogens is 7. The quantitative estimate of drug-likeness (QED) is 0.156. The second-order valence-electron chi connectivity index (χ2n) is 16.6. The van der Waals surface area contributed by atoms with Crippen LogP contribution in [-0.4, -0.2) is 108 Å². The summed E-state index contributed by atoms with van der Waals surface area (Å²) < 4.78 is 5.02. The van der Waals surface area contributed by atoms with Crippen molar-refractivity contribution in [3.8, 4) is 5.82 Å². The van der Waals surface area contributed by atoms with E-state index in [2.05, 4.69) is 60.1 Å². The molecule has 0 unspecified atom stereocenters. The average molecular weight is 826 g/mol. The van der Waals surface area contributed by atoms with Crippen LogP contribution in [0.25, 0.3) is 27.8 Å². The fourth-order valence-corrected chi connectivity index (χ4v) is 8.80. The standard InChI is InChI=1S/C44H51N13O4/c1-5-19-56-41(59)33-27-45-42(49-39(33)57(56)36-11-7-10-35(47-36)44(2,3)61)46-30-12-14-31(15-13-30)53-20-16-29(17-21-53)28-52-23-25-54(26-24-52)34-9-6-8-32-38(34)51(4)50-40(32)55-22-18-37(58)48-43(55)60/h5-15,27,29,61H,1,16-26,28H2,2-4H3,(H,45,46,49)(H,48,58,60). The first-order valence-electron chi connectivity index (χ1n) is 20.9. The van der Waals surface area contributed by atoms with Gasteiger partial charge in [0.05, 0.1) is 23.4 Å². The Balaban J connectivity index is 0.804. The van der Waals surface area contributed by atoms with Gasteiger partial charge in [-0.05, 0) is 81.1 Å². The van der Waals surface area contributed by atoms with Gasteiger partial charge in [0.1, 0.15) is 11.0 Å². The molecule has 7 heterocycles. The fraction of sp³-hybridized carbons (Fsp3) is 0.386. The number of para-hydroxylation sites is 1. The fourth-order valence-electron chi connectivity index (χ4n) is 8.80. The van der Waals surface area contributed by atoms with E-state index in [1.54, 1.807) is 47.7 Å². The predicted molar refractivity (Wildman–Crippen MR) is 236 cm³/mol. The van der Waals surface area contributed by atoms with Gasteiger partial charge in [-0.1, -0.05) is 18.2 Å². The van der Waals surface area contributed by atoms with Crippen LogP contribution in [0.4, 0.5) is 33.6 Å². The molecule has 3 fully saturated rings. The zero-order valence-electron chi connectivity index (χ0n) is 34.8. The number of imide groups is 1. The Kier molecular flexibility index (Phi) is 10.5. The van der Waals surface area contributed by atoms with Gasteiger partial charge in [-0.15, -0.1) is 6.58 Å². The summed E-state index contributed by atoms with van der Waals surface area (Å²) in [4.78, 5) is 60.7. The summed E-state index contributed by atoms with van der Waals surface area (Å²) in [5.41, 5.74) is 3.54. The lowest BCUT2D eigenvalue weighted by atomic mass is 9.95. The summed E-state index contributed by atoms with van der Waals surface area (Å²) in [6, 6.07) is 19.4. The van der Waals surface area contributed by atoms with Crippen LogP contribution >= 0.6 is 0 Å². The second kappa shape index (κ2) is 16.1. The molecule has 316 valence electrons. The summed E-state index contributed by atoms with van der Waals surface area (Å²) >= 11 is 0. The van der Waals surface area contributed by atoms with Crippen molar-refractivity contribution in [2.24, 2.45) is 13.0 Å². The number of carbonyl (C=O) groups is 2. The number of aliphatic hydroxyl groups is 1. The highest BCUT2D eigenvalue weighted by molar-refractivity contribution is 6.10. The van der Waals surface area contributed by atoms with Gasteiger partial charge >= 0.3 is 6.03 Å². The molecule has 17 nitrogen and oxygen atoms in total. The molecule has 17 heteroatoms. The first kappa shape index (κ1) is 39.8. The molecule has 3 amide bonds. The molecule has 3 N–H and O–H groups in total. The first-order chi connectivity index (χ1) is 29.4.